The number of carbonyl (C=O) groups is 1. The number of amides is 1. The van der Waals surface area contributed by atoms with Crippen LogP contribution in [0.15, 0.2) is 59.6 Å². The Morgan fingerprint density at radius 1 is 1.06 bits per heavy atom. The van der Waals surface area contributed by atoms with E-state index in [9.17, 15) is 13.2 Å². The van der Waals surface area contributed by atoms with Gasteiger partial charge < -0.3 is 5.32 Å². The number of hydrogen-bond acceptors (Lipinski definition) is 4. The van der Waals surface area contributed by atoms with Gasteiger partial charge in [0.05, 0.1) is 16.1 Å². The lowest BCUT2D eigenvalue weighted by Crippen LogP contribution is -2.41. The SMILES string of the molecule is Cc1ccc(NC(=O)C2CCN(S(=O)(=O)c3ccc(C(C)C)cc3)CC2)c2cccnc12. The van der Waals surface area contributed by atoms with Crippen molar-refractivity contribution in [3.8, 4) is 0 Å². The van der Waals surface area contributed by atoms with Gasteiger partial charge in [-0.3, -0.25) is 9.78 Å². The number of fused-ring (bicyclic) bond motifs is 1. The van der Waals surface area contributed by atoms with Crippen molar-refractivity contribution >= 4 is 32.5 Å². The molecule has 1 N–H and O–H groups in total. The first-order valence-corrected chi connectivity index (χ1v) is 12.5. The van der Waals surface area contributed by atoms with Crippen molar-refractivity contribution in [2.45, 2.75) is 44.4 Å². The molecule has 0 aliphatic carbocycles. The molecule has 168 valence electrons. The Labute approximate surface area is 189 Å². The van der Waals surface area contributed by atoms with E-state index in [1.54, 1.807) is 18.3 Å². The highest BCUT2D eigenvalue weighted by Gasteiger charge is 2.32. The number of aromatic nitrogens is 1. The van der Waals surface area contributed by atoms with Crippen LogP contribution in [-0.4, -0.2) is 36.7 Å². The molecule has 0 bridgehead atoms. The molecule has 3 aromatic rings. The topological polar surface area (TPSA) is 79.4 Å². The Morgan fingerprint density at radius 2 is 1.75 bits per heavy atom. The first-order valence-electron chi connectivity index (χ1n) is 11.0. The van der Waals surface area contributed by atoms with Gasteiger partial charge in [-0.2, -0.15) is 4.31 Å². The van der Waals surface area contributed by atoms with Crippen molar-refractivity contribution in [2.24, 2.45) is 5.92 Å². The molecular weight excluding hydrogens is 422 g/mol. The molecule has 1 aliphatic heterocycles. The van der Waals surface area contributed by atoms with Gasteiger partial charge in [0, 0.05) is 30.6 Å². The van der Waals surface area contributed by atoms with Crippen molar-refractivity contribution in [2.75, 3.05) is 18.4 Å². The lowest BCUT2D eigenvalue weighted by Gasteiger charge is -2.30. The predicted molar refractivity (Wildman–Crippen MR) is 127 cm³/mol. The van der Waals surface area contributed by atoms with Crippen LogP contribution in [0.2, 0.25) is 0 Å². The lowest BCUT2D eigenvalue weighted by molar-refractivity contribution is -0.120. The molecule has 32 heavy (non-hydrogen) atoms. The molecule has 0 atom stereocenters. The average molecular weight is 452 g/mol. The summed E-state index contributed by atoms with van der Waals surface area (Å²) in [5, 5.41) is 3.95. The molecule has 1 amide bonds. The minimum absolute atomic E-state index is 0.0719. The van der Waals surface area contributed by atoms with Crippen LogP contribution in [0.3, 0.4) is 0 Å². The smallest absolute Gasteiger partial charge is 0.243 e. The van der Waals surface area contributed by atoms with Crippen LogP contribution in [0.1, 0.15) is 43.7 Å². The van der Waals surface area contributed by atoms with Crippen LogP contribution in [0, 0.1) is 12.8 Å². The fourth-order valence-electron chi connectivity index (χ4n) is 4.19. The van der Waals surface area contributed by atoms with Crippen molar-refractivity contribution in [3.63, 3.8) is 0 Å². The van der Waals surface area contributed by atoms with Crippen LogP contribution < -0.4 is 5.32 Å². The van der Waals surface area contributed by atoms with E-state index in [-0.39, 0.29) is 11.8 Å². The van der Waals surface area contributed by atoms with Gasteiger partial charge in [-0.05, 0) is 67.1 Å². The molecule has 2 heterocycles. The zero-order valence-electron chi connectivity index (χ0n) is 18.7. The number of piperidine rings is 1. The summed E-state index contributed by atoms with van der Waals surface area (Å²) in [4.78, 5) is 17.7. The number of carbonyl (C=O) groups excluding carboxylic acids is 1. The number of hydrogen-bond donors (Lipinski definition) is 1. The summed E-state index contributed by atoms with van der Waals surface area (Å²) >= 11 is 0. The molecule has 0 radical (unpaired) electrons. The summed E-state index contributed by atoms with van der Waals surface area (Å²) in [6.07, 6.45) is 2.74. The average Bonchev–Trinajstić information content (AvgIpc) is 2.81. The largest absolute Gasteiger partial charge is 0.325 e. The van der Waals surface area contributed by atoms with Gasteiger partial charge in [0.2, 0.25) is 15.9 Å². The summed E-state index contributed by atoms with van der Waals surface area (Å²) < 4.78 is 27.6. The number of nitrogens with one attached hydrogen (secondary N) is 1. The fraction of sp³-hybridized carbons (Fsp3) is 0.360. The van der Waals surface area contributed by atoms with Gasteiger partial charge in [-0.15, -0.1) is 0 Å². The fourth-order valence-corrected chi connectivity index (χ4v) is 5.66. The zero-order valence-corrected chi connectivity index (χ0v) is 19.5. The second-order valence-electron chi connectivity index (χ2n) is 8.72. The standard InChI is InChI=1S/C25H29N3O3S/c1-17(2)19-7-9-21(10-8-19)32(30,31)28-15-12-20(13-16-28)25(29)27-23-11-6-18(3)24-22(23)5-4-14-26-24/h4-11,14,17,20H,12-13,15-16H2,1-3H3,(H,27,29). The van der Waals surface area contributed by atoms with E-state index >= 15 is 0 Å². The van der Waals surface area contributed by atoms with Gasteiger partial charge in [0.25, 0.3) is 0 Å². The number of rotatable bonds is 5. The third-order valence-electron chi connectivity index (χ3n) is 6.24. The second kappa shape index (κ2) is 9.00. The van der Waals surface area contributed by atoms with Crippen LogP contribution in [0.25, 0.3) is 10.9 Å². The monoisotopic (exact) mass is 451 g/mol. The quantitative estimate of drug-likeness (QED) is 0.609. The minimum Gasteiger partial charge on any atom is -0.325 e. The molecule has 7 heteroatoms. The number of pyridine rings is 1. The van der Waals surface area contributed by atoms with Crippen LogP contribution in [0.4, 0.5) is 5.69 Å². The Morgan fingerprint density at radius 3 is 2.41 bits per heavy atom. The van der Waals surface area contributed by atoms with Crippen molar-refractivity contribution in [1.29, 1.82) is 0 Å². The van der Waals surface area contributed by atoms with Gasteiger partial charge in [-0.1, -0.05) is 32.0 Å². The summed E-state index contributed by atoms with van der Waals surface area (Å²) in [6.45, 7) is 6.82. The Bertz CT molecular complexity index is 1230. The van der Waals surface area contributed by atoms with E-state index in [4.69, 9.17) is 0 Å². The van der Waals surface area contributed by atoms with E-state index in [1.165, 1.54) is 4.31 Å². The van der Waals surface area contributed by atoms with Gasteiger partial charge in [-0.25, -0.2) is 8.42 Å². The third-order valence-corrected chi connectivity index (χ3v) is 8.15. The predicted octanol–water partition coefficient (Wildman–Crippen LogP) is 4.71. The molecule has 0 unspecified atom stereocenters. The maximum Gasteiger partial charge on any atom is 0.243 e. The number of sulfonamides is 1. The van der Waals surface area contributed by atoms with E-state index in [0.717, 1.165) is 27.7 Å². The number of anilines is 1. The van der Waals surface area contributed by atoms with Crippen LogP contribution in [-0.2, 0) is 14.8 Å². The van der Waals surface area contributed by atoms with Crippen molar-refractivity contribution < 1.29 is 13.2 Å². The number of nitrogens with zero attached hydrogens (tertiary/aromatic N) is 2. The van der Waals surface area contributed by atoms with Crippen molar-refractivity contribution in [1.82, 2.24) is 9.29 Å². The summed E-state index contributed by atoms with van der Waals surface area (Å²) in [5.74, 6) is 0.0533. The molecule has 1 saturated heterocycles. The minimum atomic E-state index is -3.55. The molecule has 6 nitrogen and oxygen atoms in total. The first-order chi connectivity index (χ1) is 15.3. The molecule has 1 aromatic heterocycles. The van der Waals surface area contributed by atoms with E-state index in [2.05, 4.69) is 24.1 Å². The molecule has 0 saturated carbocycles. The van der Waals surface area contributed by atoms with E-state index in [1.807, 2.05) is 43.3 Å². The Balaban J connectivity index is 1.42. The summed E-state index contributed by atoms with van der Waals surface area (Å²) in [6, 6.07) is 14.8. The van der Waals surface area contributed by atoms with E-state index < -0.39 is 10.0 Å². The third kappa shape index (κ3) is 4.40. The summed E-state index contributed by atoms with van der Waals surface area (Å²) in [7, 11) is -3.55. The molecule has 1 fully saturated rings. The highest BCUT2D eigenvalue weighted by atomic mass is 32.2. The maximum atomic E-state index is 13.0. The molecule has 4 rings (SSSR count). The normalized spacial score (nSPS) is 15.9. The first kappa shape index (κ1) is 22.4. The van der Waals surface area contributed by atoms with Crippen molar-refractivity contribution in [3.05, 3.63) is 65.9 Å². The highest BCUT2D eigenvalue weighted by molar-refractivity contribution is 7.89. The number of aryl methyl sites for hydroxylation is 1. The summed E-state index contributed by atoms with van der Waals surface area (Å²) in [5.41, 5.74) is 3.77. The molecule has 0 spiro atoms. The van der Waals surface area contributed by atoms with Gasteiger partial charge in [0.1, 0.15) is 0 Å². The van der Waals surface area contributed by atoms with Crippen LogP contribution >= 0.6 is 0 Å². The Kier molecular flexibility index (Phi) is 6.31. The Hall–Kier alpha value is -2.77. The van der Waals surface area contributed by atoms with Crippen LogP contribution in [0.5, 0.6) is 0 Å². The maximum absolute atomic E-state index is 13.0. The molecule has 2 aromatic carbocycles. The second-order valence-corrected chi connectivity index (χ2v) is 10.7. The number of benzene rings is 2. The molecular formula is C25H29N3O3S. The van der Waals surface area contributed by atoms with E-state index in [0.29, 0.717) is 36.7 Å². The highest BCUT2D eigenvalue weighted by Crippen LogP contribution is 2.28. The molecule has 1 aliphatic rings. The van der Waals surface area contributed by atoms with Gasteiger partial charge >= 0.3 is 0 Å². The zero-order chi connectivity index (χ0) is 22.9. The lowest BCUT2D eigenvalue weighted by atomic mass is 9.97. The van der Waals surface area contributed by atoms with Gasteiger partial charge in [0.15, 0.2) is 0 Å².